The summed E-state index contributed by atoms with van der Waals surface area (Å²) in [5, 5.41) is 8.96. The summed E-state index contributed by atoms with van der Waals surface area (Å²) in [7, 11) is 1.26. The van der Waals surface area contributed by atoms with Crippen LogP contribution in [-0.4, -0.2) is 50.6 Å². The van der Waals surface area contributed by atoms with Gasteiger partial charge in [-0.05, 0) is 43.2 Å². The van der Waals surface area contributed by atoms with E-state index in [0.717, 1.165) is 26.1 Å². The van der Waals surface area contributed by atoms with Crippen molar-refractivity contribution in [2.24, 2.45) is 0 Å². The van der Waals surface area contributed by atoms with E-state index in [1.165, 1.54) is 19.4 Å². The highest BCUT2D eigenvalue weighted by Gasteiger charge is 2.16. The van der Waals surface area contributed by atoms with Gasteiger partial charge < -0.3 is 23.7 Å². The average Bonchev–Trinajstić information content (AvgIpc) is 2.78. The molecule has 0 unspecified atom stereocenters. The van der Waals surface area contributed by atoms with Gasteiger partial charge in [0.25, 0.3) is 0 Å². The zero-order valence-electron chi connectivity index (χ0n) is 16.1. The first-order valence-corrected chi connectivity index (χ1v) is 9.28. The Kier molecular flexibility index (Phi) is 7.39. The first-order valence-electron chi connectivity index (χ1n) is 9.28. The molecule has 0 amide bonds. The molecule has 1 aliphatic heterocycles. The second kappa shape index (κ2) is 10.4. The quantitative estimate of drug-likeness (QED) is 0.494. The summed E-state index contributed by atoms with van der Waals surface area (Å²) >= 11 is 0. The van der Waals surface area contributed by atoms with Crippen molar-refractivity contribution in [1.82, 2.24) is 4.98 Å². The third-order valence-electron chi connectivity index (χ3n) is 4.31. The standard InChI is InChI=1S/C21H22N2O6/c1-25-21(24)19-12-15(13-22)23-14-20(19)29-18-4-2-16(3-5-18)27-10-11-28-17-6-8-26-9-7-17/h2-5,12,14,17H,6-11H2,1H3. The van der Waals surface area contributed by atoms with Gasteiger partial charge in [0.1, 0.15) is 35.4 Å². The number of pyridine rings is 1. The van der Waals surface area contributed by atoms with Crippen LogP contribution < -0.4 is 9.47 Å². The van der Waals surface area contributed by atoms with E-state index in [0.29, 0.717) is 24.7 Å². The number of carbonyl (C=O) groups excluding carboxylic acids is 1. The van der Waals surface area contributed by atoms with E-state index in [1.807, 2.05) is 6.07 Å². The van der Waals surface area contributed by atoms with E-state index in [-0.39, 0.29) is 23.1 Å². The van der Waals surface area contributed by atoms with E-state index < -0.39 is 5.97 Å². The molecule has 29 heavy (non-hydrogen) atoms. The van der Waals surface area contributed by atoms with Crippen molar-refractivity contribution in [3.05, 3.63) is 47.8 Å². The summed E-state index contributed by atoms with van der Waals surface area (Å²) in [6.45, 7) is 2.46. The van der Waals surface area contributed by atoms with Crippen LogP contribution in [0.1, 0.15) is 28.9 Å². The predicted octanol–water partition coefficient (Wildman–Crippen LogP) is 3.11. The molecule has 0 saturated carbocycles. The first kappa shape index (κ1) is 20.6. The maximum Gasteiger partial charge on any atom is 0.341 e. The molecule has 1 aromatic heterocycles. The van der Waals surface area contributed by atoms with Crippen LogP contribution in [-0.2, 0) is 14.2 Å². The first-order chi connectivity index (χ1) is 14.2. The van der Waals surface area contributed by atoms with Crippen LogP contribution in [0.5, 0.6) is 17.2 Å². The van der Waals surface area contributed by atoms with Gasteiger partial charge in [0.15, 0.2) is 5.75 Å². The van der Waals surface area contributed by atoms with Crippen molar-refractivity contribution in [3.63, 3.8) is 0 Å². The third kappa shape index (κ3) is 5.91. The highest BCUT2D eigenvalue weighted by atomic mass is 16.5. The Bertz CT molecular complexity index is 856. The van der Waals surface area contributed by atoms with Crippen LogP contribution in [0.4, 0.5) is 0 Å². The highest BCUT2D eigenvalue weighted by Crippen LogP contribution is 2.27. The Hall–Kier alpha value is -3.15. The molecule has 0 spiro atoms. The minimum absolute atomic E-state index is 0.101. The lowest BCUT2D eigenvalue weighted by molar-refractivity contribution is -0.0388. The molecular formula is C21H22N2O6. The minimum atomic E-state index is -0.608. The number of hydrogen-bond acceptors (Lipinski definition) is 8. The van der Waals surface area contributed by atoms with E-state index in [2.05, 4.69) is 4.98 Å². The summed E-state index contributed by atoms with van der Waals surface area (Å²) in [5.74, 6) is 0.768. The van der Waals surface area contributed by atoms with Crippen molar-refractivity contribution >= 4 is 5.97 Å². The molecule has 8 heteroatoms. The Morgan fingerprint density at radius 2 is 1.93 bits per heavy atom. The van der Waals surface area contributed by atoms with Gasteiger partial charge in [-0.2, -0.15) is 5.26 Å². The number of hydrogen-bond donors (Lipinski definition) is 0. The van der Waals surface area contributed by atoms with Crippen molar-refractivity contribution in [2.45, 2.75) is 18.9 Å². The zero-order chi connectivity index (χ0) is 20.5. The molecule has 1 fully saturated rings. The summed E-state index contributed by atoms with van der Waals surface area (Å²) in [5.41, 5.74) is 0.231. The molecule has 1 saturated heterocycles. The van der Waals surface area contributed by atoms with E-state index in [1.54, 1.807) is 24.3 Å². The summed E-state index contributed by atoms with van der Waals surface area (Å²) in [4.78, 5) is 15.9. The molecule has 0 bridgehead atoms. The largest absolute Gasteiger partial charge is 0.491 e. The number of methoxy groups -OCH3 is 1. The van der Waals surface area contributed by atoms with Crippen LogP contribution in [0.15, 0.2) is 36.5 Å². The van der Waals surface area contributed by atoms with E-state index >= 15 is 0 Å². The lowest BCUT2D eigenvalue weighted by Crippen LogP contribution is -2.25. The van der Waals surface area contributed by atoms with Crippen molar-refractivity contribution < 1.29 is 28.5 Å². The molecule has 0 aliphatic carbocycles. The van der Waals surface area contributed by atoms with E-state index in [9.17, 15) is 4.79 Å². The van der Waals surface area contributed by atoms with Crippen LogP contribution in [0.3, 0.4) is 0 Å². The molecular weight excluding hydrogens is 376 g/mol. The monoisotopic (exact) mass is 398 g/mol. The molecule has 1 aromatic carbocycles. The number of nitrogens with zero attached hydrogens (tertiary/aromatic N) is 2. The van der Waals surface area contributed by atoms with Gasteiger partial charge in [0.2, 0.25) is 0 Å². The van der Waals surface area contributed by atoms with Gasteiger partial charge in [0, 0.05) is 13.2 Å². The van der Waals surface area contributed by atoms with Crippen LogP contribution in [0.25, 0.3) is 0 Å². The highest BCUT2D eigenvalue weighted by molar-refractivity contribution is 5.92. The van der Waals surface area contributed by atoms with Crippen molar-refractivity contribution in [3.8, 4) is 23.3 Å². The number of ether oxygens (including phenoxy) is 5. The number of benzene rings is 1. The SMILES string of the molecule is COC(=O)c1cc(C#N)ncc1Oc1ccc(OCCOC2CCOCC2)cc1. The van der Waals surface area contributed by atoms with E-state index in [4.69, 9.17) is 28.9 Å². The molecule has 3 rings (SSSR count). The molecule has 8 nitrogen and oxygen atoms in total. The Morgan fingerprint density at radius 3 is 2.62 bits per heavy atom. The van der Waals surface area contributed by atoms with Crippen LogP contribution >= 0.6 is 0 Å². The fraction of sp³-hybridized carbons (Fsp3) is 0.381. The molecule has 0 atom stereocenters. The average molecular weight is 398 g/mol. The lowest BCUT2D eigenvalue weighted by atomic mass is 10.2. The van der Waals surface area contributed by atoms with Gasteiger partial charge in [-0.25, -0.2) is 9.78 Å². The smallest absolute Gasteiger partial charge is 0.341 e. The molecule has 2 heterocycles. The Labute approximate surface area is 168 Å². The Morgan fingerprint density at radius 1 is 1.21 bits per heavy atom. The normalized spacial score (nSPS) is 14.1. The number of nitriles is 1. The van der Waals surface area contributed by atoms with Gasteiger partial charge in [-0.1, -0.05) is 0 Å². The molecule has 1 aliphatic rings. The molecule has 2 aromatic rings. The minimum Gasteiger partial charge on any atom is -0.491 e. The predicted molar refractivity (Wildman–Crippen MR) is 102 cm³/mol. The maximum absolute atomic E-state index is 11.9. The number of carbonyl (C=O) groups is 1. The summed E-state index contributed by atoms with van der Waals surface area (Å²) in [6.07, 6.45) is 3.41. The van der Waals surface area contributed by atoms with Gasteiger partial charge in [0.05, 0.1) is 26.0 Å². The molecule has 152 valence electrons. The third-order valence-corrected chi connectivity index (χ3v) is 4.31. The number of aromatic nitrogens is 1. The maximum atomic E-state index is 11.9. The van der Waals surface area contributed by atoms with Crippen molar-refractivity contribution in [1.29, 1.82) is 5.26 Å². The van der Waals surface area contributed by atoms with Crippen LogP contribution in [0, 0.1) is 11.3 Å². The molecule has 0 N–H and O–H groups in total. The second-order valence-corrected chi connectivity index (χ2v) is 6.27. The lowest BCUT2D eigenvalue weighted by Gasteiger charge is -2.22. The van der Waals surface area contributed by atoms with Crippen LogP contribution in [0.2, 0.25) is 0 Å². The Balaban J connectivity index is 1.54. The molecule has 0 radical (unpaired) electrons. The number of rotatable bonds is 8. The second-order valence-electron chi connectivity index (χ2n) is 6.27. The fourth-order valence-corrected chi connectivity index (χ4v) is 2.80. The number of esters is 1. The zero-order valence-corrected chi connectivity index (χ0v) is 16.1. The fourth-order valence-electron chi connectivity index (χ4n) is 2.80. The van der Waals surface area contributed by atoms with Crippen molar-refractivity contribution in [2.75, 3.05) is 33.5 Å². The van der Waals surface area contributed by atoms with Gasteiger partial charge in [-0.15, -0.1) is 0 Å². The summed E-state index contributed by atoms with van der Waals surface area (Å²) in [6, 6.07) is 10.2. The summed E-state index contributed by atoms with van der Waals surface area (Å²) < 4.78 is 27.2. The van der Waals surface area contributed by atoms with Gasteiger partial charge in [-0.3, -0.25) is 0 Å². The van der Waals surface area contributed by atoms with Gasteiger partial charge >= 0.3 is 5.97 Å². The topological polar surface area (TPSA) is 99.9 Å².